The minimum Gasteiger partial charge on any atom is -0.495 e. The van der Waals surface area contributed by atoms with Crippen LogP contribution < -0.4 is 15.2 Å². The van der Waals surface area contributed by atoms with Gasteiger partial charge in [0.05, 0.1) is 14.2 Å². The second kappa shape index (κ2) is 8.11. The van der Waals surface area contributed by atoms with Crippen molar-refractivity contribution in [3.63, 3.8) is 0 Å². The van der Waals surface area contributed by atoms with Crippen LogP contribution in [0.1, 0.15) is 43.7 Å². The van der Waals surface area contributed by atoms with Crippen molar-refractivity contribution in [3.05, 3.63) is 22.2 Å². The second-order valence-electron chi connectivity index (χ2n) is 5.16. The minimum absolute atomic E-state index is 0. The zero-order valence-corrected chi connectivity index (χ0v) is 14.4. The van der Waals surface area contributed by atoms with Gasteiger partial charge in [0.25, 0.3) is 0 Å². The first-order valence-electron chi connectivity index (χ1n) is 6.84. The number of hydrogen-bond donors (Lipinski definition) is 1. The molecule has 0 spiro atoms. The Labute approximate surface area is 135 Å². The van der Waals surface area contributed by atoms with Crippen molar-refractivity contribution in [2.75, 3.05) is 14.2 Å². The molecule has 1 saturated carbocycles. The van der Waals surface area contributed by atoms with E-state index in [-0.39, 0.29) is 18.4 Å². The van der Waals surface area contributed by atoms with Gasteiger partial charge in [-0.2, -0.15) is 0 Å². The van der Waals surface area contributed by atoms with Crippen LogP contribution in [0.25, 0.3) is 0 Å². The molecule has 0 aromatic heterocycles. The summed E-state index contributed by atoms with van der Waals surface area (Å²) >= 11 is 3.49. The maximum absolute atomic E-state index is 6.44. The van der Waals surface area contributed by atoms with Gasteiger partial charge in [0.2, 0.25) is 0 Å². The van der Waals surface area contributed by atoms with Crippen molar-refractivity contribution in [1.29, 1.82) is 0 Å². The molecule has 1 aromatic carbocycles. The lowest BCUT2D eigenvalue weighted by atomic mass is 9.81. The van der Waals surface area contributed by atoms with Gasteiger partial charge in [-0.25, -0.2) is 0 Å². The van der Waals surface area contributed by atoms with Crippen LogP contribution in [0.4, 0.5) is 0 Å². The maximum atomic E-state index is 6.44. The summed E-state index contributed by atoms with van der Waals surface area (Å²) in [5.74, 6) is 2.13. The number of benzene rings is 1. The number of methoxy groups -OCH3 is 2. The summed E-state index contributed by atoms with van der Waals surface area (Å²) in [5, 5.41) is 0. The first-order chi connectivity index (χ1) is 9.17. The Morgan fingerprint density at radius 2 is 1.60 bits per heavy atom. The van der Waals surface area contributed by atoms with Crippen molar-refractivity contribution in [3.8, 4) is 11.5 Å². The third-order valence-corrected chi connectivity index (χ3v) is 4.79. The SMILES string of the molecule is COc1cc([C@@H](N)C2CCCCC2)cc(OC)c1Br.Cl. The molecule has 0 aliphatic heterocycles. The molecule has 0 bridgehead atoms. The number of halogens is 2. The monoisotopic (exact) mass is 363 g/mol. The molecule has 0 saturated heterocycles. The van der Waals surface area contributed by atoms with Crippen molar-refractivity contribution >= 4 is 28.3 Å². The second-order valence-corrected chi connectivity index (χ2v) is 5.96. The van der Waals surface area contributed by atoms with E-state index < -0.39 is 0 Å². The Balaban J connectivity index is 0.00000200. The van der Waals surface area contributed by atoms with E-state index >= 15 is 0 Å². The lowest BCUT2D eigenvalue weighted by Crippen LogP contribution is -2.23. The van der Waals surface area contributed by atoms with Crippen LogP contribution in [0, 0.1) is 5.92 Å². The topological polar surface area (TPSA) is 44.5 Å². The molecule has 0 heterocycles. The van der Waals surface area contributed by atoms with Gasteiger partial charge in [-0.05, 0) is 52.4 Å². The molecule has 2 N–H and O–H groups in total. The lowest BCUT2D eigenvalue weighted by Gasteiger charge is -2.28. The van der Waals surface area contributed by atoms with Gasteiger partial charge in [-0.3, -0.25) is 0 Å². The highest BCUT2D eigenvalue weighted by molar-refractivity contribution is 9.10. The van der Waals surface area contributed by atoms with E-state index in [1.54, 1.807) is 14.2 Å². The normalized spacial score (nSPS) is 17.2. The van der Waals surface area contributed by atoms with Crippen LogP contribution in [0.3, 0.4) is 0 Å². The fourth-order valence-electron chi connectivity index (χ4n) is 2.85. The standard InChI is InChI=1S/C15H22BrNO2.ClH/c1-18-12-8-11(9-13(19-2)14(12)16)15(17)10-6-4-3-5-7-10;/h8-10,15H,3-7,17H2,1-2H3;1H/t15-;/m0./s1. The highest BCUT2D eigenvalue weighted by Gasteiger charge is 2.23. The van der Waals surface area contributed by atoms with Crippen LogP contribution in [0.2, 0.25) is 0 Å². The van der Waals surface area contributed by atoms with Gasteiger partial charge < -0.3 is 15.2 Å². The Morgan fingerprint density at radius 3 is 2.05 bits per heavy atom. The zero-order chi connectivity index (χ0) is 13.8. The predicted octanol–water partition coefficient (Wildman–Crippen LogP) is 4.47. The molecule has 2 rings (SSSR count). The van der Waals surface area contributed by atoms with Gasteiger partial charge in [0.1, 0.15) is 16.0 Å². The minimum atomic E-state index is 0. The number of ether oxygens (including phenoxy) is 2. The average molecular weight is 365 g/mol. The molecule has 0 unspecified atom stereocenters. The van der Waals surface area contributed by atoms with E-state index in [1.165, 1.54) is 32.1 Å². The molecule has 3 nitrogen and oxygen atoms in total. The molecule has 20 heavy (non-hydrogen) atoms. The van der Waals surface area contributed by atoms with Crippen LogP contribution in [0.5, 0.6) is 11.5 Å². The van der Waals surface area contributed by atoms with Crippen LogP contribution in [-0.2, 0) is 0 Å². The van der Waals surface area contributed by atoms with E-state index in [0.717, 1.165) is 21.5 Å². The molecule has 114 valence electrons. The molecule has 0 radical (unpaired) electrons. The van der Waals surface area contributed by atoms with Crippen molar-refractivity contribution in [2.24, 2.45) is 11.7 Å². The van der Waals surface area contributed by atoms with Crippen LogP contribution in [-0.4, -0.2) is 14.2 Å². The summed E-state index contributed by atoms with van der Waals surface area (Å²) in [6.07, 6.45) is 6.38. The lowest BCUT2D eigenvalue weighted by molar-refractivity contribution is 0.306. The first kappa shape index (κ1) is 17.6. The molecule has 1 aliphatic carbocycles. The first-order valence-corrected chi connectivity index (χ1v) is 7.63. The predicted molar refractivity (Wildman–Crippen MR) is 88.0 cm³/mol. The summed E-state index contributed by atoms with van der Waals surface area (Å²) in [5.41, 5.74) is 7.54. The Hall–Kier alpha value is -0.450. The number of rotatable bonds is 4. The van der Waals surface area contributed by atoms with Crippen molar-refractivity contribution < 1.29 is 9.47 Å². The van der Waals surface area contributed by atoms with E-state index in [0.29, 0.717) is 5.92 Å². The molecule has 1 aromatic rings. The average Bonchev–Trinajstić information content (AvgIpc) is 2.47. The van der Waals surface area contributed by atoms with Crippen LogP contribution in [0.15, 0.2) is 16.6 Å². The summed E-state index contributed by atoms with van der Waals surface area (Å²) in [4.78, 5) is 0. The van der Waals surface area contributed by atoms with Gasteiger partial charge in [0, 0.05) is 6.04 Å². The molecular formula is C15H23BrClNO2. The number of hydrogen-bond acceptors (Lipinski definition) is 3. The third kappa shape index (κ3) is 3.80. The summed E-state index contributed by atoms with van der Waals surface area (Å²) in [6.45, 7) is 0. The summed E-state index contributed by atoms with van der Waals surface area (Å²) in [6, 6.07) is 4.11. The van der Waals surface area contributed by atoms with Gasteiger partial charge in [0.15, 0.2) is 0 Å². The molecular weight excluding hydrogens is 342 g/mol. The Bertz CT molecular complexity index is 411. The Morgan fingerprint density at radius 1 is 1.10 bits per heavy atom. The maximum Gasteiger partial charge on any atom is 0.137 e. The zero-order valence-electron chi connectivity index (χ0n) is 12.0. The molecule has 1 atom stereocenters. The molecule has 1 fully saturated rings. The van der Waals surface area contributed by atoms with Crippen LogP contribution >= 0.6 is 28.3 Å². The fraction of sp³-hybridized carbons (Fsp3) is 0.600. The van der Waals surface area contributed by atoms with E-state index in [2.05, 4.69) is 15.9 Å². The van der Waals surface area contributed by atoms with E-state index in [4.69, 9.17) is 15.2 Å². The summed E-state index contributed by atoms with van der Waals surface area (Å²) < 4.78 is 11.6. The molecule has 0 amide bonds. The fourth-order valence-corrected chi connectivity index (χ4v) is 3.40. The summed E-state index contributed by atoms with van der Waals surface area (Å²) in [7, 11) is 3.32. The van der Waals surface area contributed by atoms with E-state index in [9.17, 15) is 0 Å². The largest absolute Gasteiger partial charge is 0.495 e. The highest BCUT2D eigenvalue weighted by Crippen LogP contribution is 2.40. The van der Waals surface area contributed by atoms with Gasteiger partial charge in [-0.15, -0.1) is 12.4 Å². The van der Waals surface area contributed by atoms with Crippen molar-refractivity contribution in [2.45, 2.75) is 38.1 Å². The quantitative estimate of drug-likeness (QED) is 0.857. The molecule has 1 aliphatic rings. The number of nitrogens with two attached hydrogens (primary N) is 1. The Kier molecular flexibility index (Phi) is 7.13. The smallest absolute Gasteiger partial charge is 0.137 e. The van der Waals surface area contributed by atoms with Gasteiger partial charge in [-0.1, -0.05) is 19.3 Å². The third-order valence-electron chi connectivity index (χ3n) is 4.01. The highest BCUT2D eigenvalue weighted by atomic mass is 79.9. The van der Waals surface area contributed by atoms with Crippen molar-refractivity contribution in [1.82, 2.24) is 0 Å². The van der Waals surface area contributed by atoms with Gasteiger partial charge >= 0.3 is 0 Å². The molecule has 5 heteroatoms. The van der Waals surface area contributed by atoms with E-state index in [1.807, 2.05) is 12.1 Å².